The SMILES string of the molecule is CN(Cc1ncc[nH]1)S(=O)(=O)CCN. The van der Waals surface area contributed by atoms with Crippen LogP contribution in [-0.4, -0.2) is 42.0 Å². The number of sulfonamides is 1. The molecule has 6 nitrogen and oxygen atoms in total. The van der Waals surface area contributed by atoms with Crippen LogP contribution in [0.2, 0.25) is 0 Å². The van der Waals surface area contributed by atoms with E-state index >= 15 is 0 Å². The summed E-state index contributed by atoms with van der Waals surface area (Å²) >= 11 is 0. The summed E-state index contributed by atoms with van der Waals surface area (Å²) < 4.78 is 24.2. The maximum atomic E-state index is 11.5. The molecule has 0 radical (unpaired) electrons. The molecule has 14 heavy (non-hydrogen) atoms. The molecule has 0 saturated carbocycles. The fraction of sp³-hybridized carbons (Fsp3) is 0.571. The van der Waals surface area contributed by atoms with Gasteiger partial charge in [-0.3, -0.25) is 0 Å². The number of imidazole rings is 1. The Balaban J connectivity index is 2.62. The first-order valence-corrected chi connectivity index (χ1v) is 5.79. The standard InChI is InChI=1S/C7H14N4O2S/c1-11(14(12,13)5-2-8)6-7-9-3-4-10-7/h3-4H,2,5-6,8H2,1H3,(H,9,10). The third kappa shape index (κ3) is 2.79. The average molecular weight is 218 g/mol. The number of nitrogens with one attached hydrogen (secondary N) is 1. The smallest absolute Gasteiger partial charge is 0.215 e. The molecule has 1 aromatic heterocycles. The highest BCUT2D eigenvalue weighted by atomic mass is 32.2. The molecule has 0 aliphatic heterocycles. The van der Waals surface area contributed by atoms with E-state index in [1.54, 1.807) is 12.4 Å². The molecule has 0 aliphatic rings. The maximum absolute atomic E-state index is 11.5. The molecule has 0 aliphatic carbocycles. The highest BCUT2D eigenvalue weighted by Crippen LogP contribution is 2.02. The number of nitrogens with two attached hydrogens (primary N) is 1. The van der Waals surface area contributed by atoms with Crippen molar-refractivity contribution in [3.8, 4) is 0 Å². The number of hydrogen-bond donors (Lipinski definition) is 2. The molecule has 0 fully saturated rings. The van der Waals surface area contributed by atoms with E-state index in [0.29, 0.717) is 5.82 Å². The van der Waals surface area contributed by atoms with E-state index in [4.69, 9.17) is 5.73 Å². The van der Waals surface area contributed by atoms with Gasteiger partial charge in [0.15, 0.2) is 0 Å². The molecular formula is C7H14N4O2S. The molecule has 1 rings (SSSR count). The molecule has 0 spiro atoms. The van der Waals surface area contributed by atoms with Crippen LogP contribution in [-0.2, 0) is 16.6 Å². The van der Waals surface area contributed by atoms with Crippen LogP contribution in [0.4, 0.5) is 0 Å². The van der Waals surface area contributed by atoms with Crippen LogP contribution in [0.5, 0.6) is 0 Å². The highest BCUT2D eigenvalue weighted by molar-refractivity contribution is 7.89. The molecule has 0 saturated heterocycles. The van der Waals surface area contributed by atoms with E-state index in [2.05, 4.69) is 9.97 Å². The van der Waals surface area contributed by atoms with Crippen LogP contribution in [0.1, 0.15) is 5.82 Å². The van der Waals surface area contributed by atoms with Crippen molar-refractivity contribution in [3.63, 3.8) is 0 Å². The van der Waals surface area contributed by atoms with Crippen molar-refractivity contribution < 1.29 is 8.42 Å². The van der Waals surface area contributed by atoms with Crippen molar-refractivity contribution in [2.24, 2.45) is 5.73 Å². The Labute approximate surface area is 83.2 Å². The van der Waals surface area contributed by atoms with Gasteiger partial charge in [0.05, 0.1) is 12.3 Å². The zero-order valence-corrected chi connectivity index (χ0v) is 8.79. The zero-order chi connectivity index (χ0) is 10.6. The fourth-order valence-electron chi connectivity index (χ4n) is 0.998. The van der Waals surface area contributed by atoms with Crippen molar-refractivity contribution in [3.05, 3.63) is 18.2 Å². The van der Waals surface area contributed by atoms with Gasteiger partial charge in [-0.25, -0.2) is 13.4 Å². The summed E-state index contributed by atoms with van der Waals surface area (Å²) in [6.07, 6.45) is 3.23. The molecule has 3 N–H and O–H groups in total. The number of aromatic nitrogens is 2. The van der Waals surface area contributed by atoms with E-state index in [0.717, 1.165) is 0 Å². The third-order valence-corrected chi connectivity index (χ3v) is 3.61. The second-order valence-corrected chi connectivity index (χ2v) is 5.09. The fourth-order valence-corrected chi connectivity index (χ4v) is 1.93. The van der Waals surface area contributed by atoms with Crippen LogP contribution >= 0.6 is 0 Å². The van der Waals surface area contributed by atoms with Crippen molar-refractivity contribution in [2.45, 2.75) is 6.54 Å². The minimum absolute atomic E-state index is 0.0375. The molecule has 1 heterocycles. The monoisotopic (exact) mass is 218 g/mol. The van der Waals surface area contributed by atoms with Gasteiger partial charge < -0.3 is 10.7 Å². The lowest BCUT2D eigenvalue weighted by atomic mass is 10.6. The van der Waals surface area contributed by atoms with E-state index in [1.807, 2.05) is 0 Å². The molecule has 0 amide bonds. The van der Waals surface area contributed by atoms with Crippen LogP contribution in [0.3, 0.4) is 0 Å². The third-order valence-electron chi connectivity index (χ3n) is 1.78. The lowest BCUT2D eigenvalue weighted by Gasteiger charge is -2.14. The van der Waals surface area contributed by atoms with Gasteiger partial charge in [-0.1, -0.05) is 0 Å². The molecule has 0 aromatic carbocycles. The predicted octanol–water partition coefficient (Wildman–Crippen LogP) is -0.870. The van der Waals surface area contributed by atoms with Gasteiger partial charge in [-0.15, -0.1) is 0 Å². The van der Waals surface area contributed by atoms with Crippen LogP contribution in [0.25, 0.3) is 0 Å². The predicted molar refractivity (Wildman–Crippen MR) is 52.9 cm³/mol. The molecule has 0 unspecified atom stereocenters. The summed E-state index contributed by atoms with van der Waals surface area (Å²) in [6, 6.07) is 0. The minimum atomic E-state index is -3.24. The van der Waals surface area contributed by atoms with Gasteiger partial charge in [0.25, 0.3) is 0 Å². The number of hydrogen-bond acceptors (Lipinski definition) is 4. The Kier molecular flexibility index (Phi) is 3.62. The van der Waals surface area contributed by atoms with Crippen molar-refractivity contribution in [2.75, 3.05) is 19.3 Å². The number of nitrogens with zero attached hydrogens (tertiary/aromatic N) is 2. The number of rotatable bonds is 5. The van der Waals surface area contributed by atoms with Crippen LogP contribution in [0.15, 0.2) is 12.4 Å². The molecule has 0 atom stereocenters. The van der Waals surface area contributed by atoms with Crippen LogP contribution < -0.4 is 5.73 Å². The summed E-state index contributed by atoms with van der Waals surface area (Å²) in [6.45, 7) is 0.375. The lowest BCUT2D eigenvalue weighted by molar-refractivity contribution is 0.458. The second-order valence-electron chi connectivity index (χ2n) is 2.90. The summed E-state index contributed by atoms with van der Waals surface area (Å²) in [7, 11) is -1.73. The normalized spacial score (nSPS) is 12.2. The summed E-state index contributed by atoms with van der Waals surface area (Å²) in [4.78, 5) is 6.77. The molecule has 1 aromatic rings. The van der Waals surface area contributed by atoms with Gasteiger partial charge in [0.2, 0.25) is 10.0 Å². The van der Waals surface area contributed by atoms with E-state index < -0.39 is 10.0 Å². The average Bonchev–Trinajstić information content (AvgIpc) is 2.56. The van der Waals surface area contributed by atoms with Gasteiger partial charge >= 0.3 is 0 Å². The van der Waals surface area contributed by atoms with Gasteiger partial charge in [0.1, 0.15) is 5.82 Å². The van der Waals surface area contributed by atoms with Crippen molar-refractivity contribution >= 4 is 10.0 Å². The Bertz CT molecular complexity index is 359. The van der Waals surface area contributed by atoms with Crippen molar-refractivity contribution in [1.82, 2.24) is 14.3 Å². The topological polar surface area (TPSA) is 92.1 Å². The zero-order valence-electron chi connectivity index (χ0n) is 7.97. The lowest BCUT2D eigenvalue weighted by Crippen LogP contribution is -2.31. The Morgan fingerprint density at radius 2 is 2.36 bits per heavy atom. The van der Waals surface area contributed by atoms with Gasteiger partial charge in [-0.2, -0.15) is 4.31 Å². The van der Waals surface area contributed by atoms with Gasteiger partial charge in [-0.05, 0) is 0 Å². The minimum Gasteiger partial charge on any atom is -0.347 e. The summed E-state index contributed by atoms with van der Waals surface area (Å²) in [5.74, 6) is 0.581. The quantitative estimate of drug-likeness (QED) is 0.672. The molecule has 0 bridgehead atoms. The van der Waals surface area contributed by atoms with Crippen molar-refractivity contribution in [1.29, 1.82) is 0 Å². The summed E-state index contributed by atoms with van der Waals surface area (Å²) in [5, 5.41) is 0. The Morgan fingerprint density at radius 1 is 1.64 bits per heavy atom. The number of aromatic amines is 1. The Morgan fingerprint density at radius 3 is 2.86 bits per heavy atom. The maximum Gasteiger partial charge on any atom is 0.215 e. The first kappa shape index (κ1) is 11.2. The molecular weight excluding hydrogens is 204 g/mol. The first-order valence-electron chi connectivity index (χ1n) is 4.18. The highest BCUT2D eigenvalue weighted by Gasteiger charge is 2.17. The van der Waals surface area contributed by atoms with E-state index in [9.17, 15) is 8.42 Å². The molecule has 7 heteroatoms. The summed E-state index contributed by atoms with van der Waals surface area (Å²) in [5.41, 5.74) is 5.20. The second kappa shape index (κ2) is 4.54. The first-order chi connectivity index (χ1) is 6.56. The number of H-pyrrole nitrogens is 1. The van der Waals surface area contributed by atoms with Gasteiger partial charge in [0, 0.05) is 26.0 Å². The van der Waals surface area contributed by atoms with E-state index in [-0.39, 0.29) is 18.8 Å². The Hall–Kier alpha value is -0.920. The van der Waals surface area contributed by atoms with E-state index in [1.165, 1.54) is 11.4 Å². The molecule has 80 valence electrons. The largest absolute Gasteiger partial charge is 0.347 e. The van der Waals surface area contributed by atoms with Crippen LogP contribution in [0, 0.1) is 0 Å².